The van der Waals surface area contributed by atoms with Gasteiger partial charge in [0.25, 0.3) is 0 Å². The molecule has 0 saturated heterocycles. The summed E-state index contributed by atoms with van der Waals surface area (Å²) in [6, 6.07) is 12.4. The summed E-state index contributed by atoms with van der Waals surface area (Å²) in [5.41, 5.74) is 3.74. The van der Waals surface area contributed by atoms with E-state index in [-0.39, 0.29) is 35.7 Å². The smallest absolute Gasteiger partial charge is 0.176 e. The molecule has 3 N–H and O–H groups in total. The Hall–Kier alpha value is -4.17. The lowest BCUT2D eigenvalue weighted by molar-refractivity contribution is -0.125. The fraction of sp³-hybridized carbons (Fsp3) is 0.417. The molecule has 232 valence electrons. The molecule has 5 rings (SSSR count). The molecule has 0 amide bonds. The highest BCUT2D eigenvalue weighted by molar-refractivity contribution is 5.86. The van der Waals surface area contributed by atoms with E-state index in [0.717, 1.165) is 47.9 Å². The van der Waals surface area contributed by atoms with E-state index < -0.39 is 12.0 Å². The zero-order valence-electron chi connectivity index (χ0n) is 25.3. The number of rotatable bonds is 15. The van der Waals surface area contributed by atoms with Gasteiger partial charge in [-0.05, 0) is 86.3 Å². The van der Waals surface area contributed by atoms with Gasteiger partial charge in [0, 0.05) is 18.8 Å². The van der Waals surface area contributed by atoms with Crippen molar-refractivity contribution in [1.82, 2.24) is 4.98 Å². The number of ether oxygens (including phenoxy) is 2. The molecule has 8 nitrogen and oxygen atoms in total. The van der Waals surface area contributed by atoms with E-state index in [1.165, 1.54) is 13.5 Å². The molecular formula is C36H42N2O6. The zero-order valence-corrected chi connectivity index (χ0v) is 25.3. The molecule has 1 saturated carbocycles. The average Bonchev–Trinajstić information content (AvgIpc) is 3.74. The molecule has 1 aliphatic carbocycles. The van der Waals surface area contributed by atoms with Crippen molar-refractivity contribution in [2.24, 2.45) is 16.8 Å². The number of aliphatic hydroxyl groups is 1. The Kier molecular flexibility index (Phi) is 10.7. The van der Waals surface area contributed by atoms with Crippen molar-refractivity contribution in [3.63, 3.8) is 0 Å². The summed E-state index contributed by atoms with van der Waals surface area (Å²) >= 11 is 0. The van der Waals surface area contributed by atoms with Gasteiger partial charge >= 0.3 is 0 Å². The van der Waals surface area contributed by atoms with Crippen molar-refractivity contribution in [3.8, 4) is 23.0 Å². The third-order valence-corrected chi connectivity index (χ3v) is 8.71. The Morgan fingerprint density at radius 2 is 1.66 bits per heavy atom. The number of nitrogens with zero attached hydrogens (tertiary/aromatic N) is 2. The standard InChI is InChI=1S/C36H42N2O6/c1-43-35-19-24(7-9-31(35)39)15-28(17-26-11-13-37-22-26)33(41)21-34(42)29(18-27-12-14-38-23-27)16-25-8-10-32(40)36(20-25)44-30-5-3-2-4-6-30/h7-14,19-20,22-23,28-30,34,39-40,42H,2-6,15-18,21H2,1H3/t28-,29-,34+/m0/s1. The predicted octanol–water partition coefficient (Wildman–Crippen LogP) is 5.92. The highest BCUT2D eigenvalue weighted by Crippen LogP contribution is 2.34. The van der Waals surface area contributed by atoms with E-state index >= 15 is 0 Å². The van der Waals surface area contributed by atoms with Gasteiger partial charge in [0.1, 0.15) is 17.9 Å². The Morgan fingerprint density at radius 3 is 2.34 bits per heavy atom. The topological polar surface area (TPSA) is 123 Å². The van der Waals surface area contributed by atoms with Crippen molar-refractivity contribution in [3.05, 3.63) is 89.7 Å². The summed E-state index contributed by atoms with van der Waals surface area (Å²) in [5.74, 6) is 0.292. The zero-order chi connectivity index (χ0) is 30.9. The van der Waals surface area contributed by atoms with Crippen LogP contribution in [0.1, 0.15) is 61.6 Å². The SMILES string of the molecule is COc1cc(C[C@@H](CC2=C[CH+]N=C2)C(=O)C[C@@H](O)[C@H](Cc2cc[n-]c2)Cc2ccc(O)c(OC3CCCCC3)c2)ccc1O. The number of aromatic nitrogens is 1. The van der Waals surface area contributed by atoms with E-state index in [0.29, 0.717) is 37.2 Å². The molecule has 1 fully saturated rings. The van der Waals surface area contributed by atoms with Gasteiger partial charge in [0.15, 0.2) is 29.2 Å². The maximum Gasteiger partial charge on any atom is 0.176 e. The van der Waals surface area contributed by atoms with Gasteiger partial charge in [0.05, 0.1) is 25.4 Å². The van der Waals surface area contributed by atoms with Gasteiger partial charge in [0.2, 0.25) is 0 Å². The Morgan fingerprint density at radius 1 is 0.955 bits per heavy atom. The van der Waals surface area contributed by atoms with E-state index in [4.69, 9.17) is 9.47 Å². The van der Waals surface area contributed by atoms with Gasteiger partial charge in [-0.2, -0.15) is 12.4 Å². The second kappa shape index (κ2) is 15.0. The molecule has 1 aliphatic heterocycles. The second-order valence-electron chi connectivity index (χ2n) is 12.0. The van der Waals surface area contributed by atoms with Crippen LogP contribution in [0.2, 0.25) is 0 Å². The molecular weight excluding hydrogens is 556 g/mol. The maximum absolute atomic E-state index is 13.9. The van der Waals surface area contributed by atoms with Gasteiger partial charge < -0.3 is 29.8 Å². The molecule has 0 radical (unpaired) electrons. The molecule has 2 aromatic carbocycles. The quantitative estimate of drug-likeness (QED) is 0.186. The number of aliphatic imine (C=N–C) groups is 1. The number of hydrogen-bond acceptors (Lipinski definition) is 7. The molecule has 8 heteroatoms. The fourth-order valence-electron chi connectivity index (χ4n) is 6.23. The summed E-state index contributed by atoms with van der Waals surface area (Å²) in [5, 5.41) is 32.2. The van der Waals surface area contributed by atoms with Crippen LogP contribution in [0.5, 0.6) is 23.0 Å². The number of aromatic hydroxyl groups is 2. The van der Waals surface area contributed by atoms with Crippen LogP contribution >= 0.6 is 0 Å². The van der Waals surface area contributed by atoms with Crippen molar-refractivity contribution < 1.29 is 29.6 Å². The number of aliphatic hydroxyl groups excluding tert-OH is 1. The minimum absolute atomic E-state index is 0.00363. The molecule has 3 atom stereocenters. The molecule has 2 aliphatic rings. The molecule has 0 spiro atoms. The lowest BCUT2D eigenvalue weighted by atomic mass is 9.82. The summed E-state index contributed by atoms with van der Waals surface area (Å²) in [6.45, 7) is 1.71. The normalized spacial score (nSPS) is 17.0. The van der Waals surface area contributed by atoms with Gasteiger partial charge in [-0.25, -0.2) is 0 Å². The molecule has 1 aromatic heterocycles. The summed E-state index contributed by atoms with van der Waals surface area (Å²) in [6.07, 6.45) is 13.8. The van der Waals surface area contributed by atoms with Crippen molar-refractivity contribution >= 4 is 12.0 Å². The number of methoxy groups -OCH3 is 1. The molecule has 2 heterocycles. The van der Waals surface area contributed by atoms with E-state index in [9.17, 15) is 20.1 Å². The van der Waals surface area contributed by atoms with Gasteiger partial charge in [-0.15, -0.1) is 4.99 Å². The number of carbonyl (C=O) groups excluding carboxylic acids is 1. The number of allylic oxidation sites excluding steroid dienone is 1. The number of carbonyl (C=O) groups is 1. The number of phenolic OH excluding ortho intramolecular Hbond substituents is 2. The Balaban J connectivity index is 1.32. The first-order chi connectivity index (χ1) is 21.4. The summed E-state index contributed by atoms with van der Waals surface area (Å²) < 4.78 is 11.5. The second-order valence-corrected chi connectivity index (χ2v) is 12.0. The van der Waals surface area contributed by atoms with E-state index in [1.807, 2.05) is 24.3 Å². The minimum Gasteiger partial charge on any atom is -0.670 e. The van der Waals surface area contributed by atoms with Crippen molar-refractivity contribution in [1.29, 1.82) is 0 Å². The Labute approximate surface area is 259 Å². The number of Topliss-reactive ketones (excluding diaryl/α,β-unsaturated/α-hetero) is 1. The fourth-order valence-corrected chi connectivity index (χ4v) is 6.23. The monoisotopic (exact) mass is 598 g/mol. The molecule has 3 aromatic rings. The first-order valence-corrected chi connectivity index (χ1v) is 15.5. The number of benzene rings is 2. The first-order valence-electron chi connectivity index (χ1n) is 15.5. The van der Waals surface area contributed by atoms with Crippen molar-refractivity contribution in [2.45, 2.75) is 76.4 Å². The van der Waals surface area contributed by atoms with Gasteiger partial charge in [-0.3, -0.25) is 4.79 Å². The minimum atomic E-state index is -0.899. The summed E-state index contributed by atoms with van der Waals surface area (Å²) in [7, 11) is 1.50. The van der Waals surface area contributed by atoms with Crippen molar-refractivity contribution in [2.75, 3.05) is 7.11 Å². The van der Waals surface area contributed by atoms with E-state index in [1.54, 1.807) is 49.4 Å². The predicted molar refractivity (Wildman–Crippen MR) is 169 cm³/mol. The van der Waals surface area contributed by atoms with Crippen LogP contribution in [-0.4, -0.2) is 46.6 Å². The van der Waals surface area contributed by atoms with Gasteiger partial charge in [-0.1, -0.05) is 30.2 Å². The highest BCUT2D eigenvalue weighted by Gasteiger charge is 2.30. The van der Waals surface area contributed by atoms with E-state index in [2.05, 4.69) is 9.98 Å². The largest absolute Gasteiger partial charge is 0.670 e. The maximum atomic E-state index is 13.9. The van der Waals surface area contributed by atoms with Crippen LogP contribution in [-0.2, 0) is 24.1 Å². The third-order valence-electron chi connectivity index (χ3n) is 8.71. The highest BCUT2D eigenvalue weighted by atomic mass is 16.5. The number of ketones is 1. The third kappa shape index (κ3) is 8.47. The molecule has 44 heavy (non-hydrogen) atoms. The molecule has 0 unspecified atom stereocenters. The lowest BCUT2D eigenvalue weighted by Gasteiger charge is -2.26. The molecule has 0 bridgehead atoms. The van der Waals surface area contributed by atoms with Crippen LogP contribution in [0.15, 0.2) is 71.5 Å². The Bertz CT molecular complexity index is 1440. The van der Waals surface area contributed by atoms with Crippen LogP contribution in [0.4, 0.5) is 0 Å². The summed E-state index contributed by atoms with van der Waals surface area (Å²) in [4.78, 5) is 22.2. The van der Waals surface area contributed by atoms with Crippen LogP contribution in [0.25, 0.3) is 0 Å². The first kappa shape index (κ1) is 31.3. The average molecular weight is 599 g/mol. The lowest BCUT2D eigenvalue weighted by Crippen LogP contribution is -2.30. The van der Waals surface area contributed by atoms with Crippen LogP contribution < -0.4 is 14.5 Å². The number of hydrogen-bond donors (Lipinski definition) is 3. The van der Waals surface area contributed by atoms with Crippen LogP contribution in [0, 0.1) is 18.4 Å². The van der Waals surface area contributed by atoms with Crippen LogP contribution in [0.3, 0.4) is 0 Å². The number of phenols is 2.